The molecular formula is C31H30ClN3O2. The second-order valence-corrected chi connectivity index (χ2v) is 9.51. The molecule has 0 saturated heterocycles. The third kappa shape index (κ3) is 6.30. The third-order valence-corrected chi connectivity index (χ3v) is 6.83. The Hall–Kier alpha value is -3.83. The first-order valence-corrected chi connectivity index (χ1v) is 13.1. The first kappa shape index (κ1) is 24.8. The SMILES string of the molecule is O=C(Cc1ccccc1Cl)NCCCc1nc2ccccc2n1CCCOc1ccc2ccccc2c1. The fraction of sp³-hybridized carbons (Fsp3) is 0.226. The van der Waals surface area contributed by atoms with E-state index in [1.54, 1.807) is 0 Å². The lowest BCUT2D eigenvalue weighted by molar-refractivity contribution is -0.120. The maximum absolute atomic E-state index is 12.3. The van der Waals surface area contributed by atoms with Crippen molar-refractivity contribution in [3.63, 3.8) is 0 Å². The summed E-state index contributed by atoms with van der Waals surface area (Å²) in [6.07, 6.45) is 2.75. The fourth-order valence-electron chi connectivity index (χ4n) is 4.59. The van der Waals surface area contributed by atoms with Gasteiger partial charge in [-0.1, -0.05) is 72.3 Å². The summed E-state index contributed by atoms with van der Waals surface area (Å²) in [5.41, 5.74) is 2.97. The molecule has 37 heavy (non-hydrogen) atoms. The first-order valence-electron chi connectivity index (χ1n) is 12.7. The number of carbonyl (C=O) groups is 1. The molecule has 0 aliphatic carbocycles. The number of amides is 1. The molecule has 1 amide bonds. The number of fused-ring (bicyclic) bond motifs is 2. The van der Waals surface area contributed by atoms with Gasteiger partial charge in [0.15, 0.2) is 0 Å². The quantitative estimate of drug-likeness (QED) is 0.203. The molecule has 0 atom stereocenters. The molecule has 1 N–H and O–H groups in total. The monoisotopic (exact) mass is 511 g/mol. The second-order valence-electron chi connectivity index (χ2n) is 9.10. The van der Waals surface area contributed by atoms with Crippen molar-refractivity contribution in [3.05, 3.63) is 107 Å². The number of aromatic nitrogens is 2. The van der Waals surface area contributed by atoms with E-state index in [-0.39, 0.29) is 12.3 Å². The van der Waals surface area contributed by atoms with Gasteiger partial charge >= 0.3 is 0 Å². The topological polar surface area (TPSA) is 56.2 Å². The van der Waals surface area contributed by atoms with Crippen molar-refractivity contribution in [1.29, 1.82) is 0 Å². The van der Waals surface area contributed by atoms with Crippen molar-refractivity contribution in [2.45, 2.75) is 32.2 Å². The normalized spacial score (nSPS) is 11.2. The van der Waals surface area contributed by atoms with E-state index in [1.165, 1.54) is 10.8 Å². The molecular weight excluding hydrogens is 482 g/mol. The smallest absolute Gasteiger partial charge is 0.224 e. The lowest BCUT2D eigenvalue weighted by Crippen LogP contribution is -2.26. The van der Waals surface area contributed by atoms with Gasteiger partial charge < -0.3 is 14.6 Å². The van der Waals surface area contributed by atoms with E-state index in [2.05, 4.69) is 40.2 Å². The standard InChI is InChI=1S/C31H30ClN3O2/c32-27-12-4-3-11-25(27)22-31(36)33-18-7-15-30-34-28-13-5-6-14-29(28)35(30)19-8-20-37-26-17-16-23-9-1-2-10-24(23)21-26/h1-6,9-14,16-17,21H,7-8,15,18-20,22H2,(H,33,36). The number of rotatable bonds is 11. The molecule has 5 nitrogen and oxygen atoms in total. The van der Waals surface area contributed by atoms with Crippen molar-refractivity contribution < 1.29 is 9.53 Å². The van der Waals surface area contributed by atoms with Gasteiger partial charge in [0.25, 0.3) is 0 Å². The number of ether oxygens (including phenoxy) is 1. The summed E-state index contributed by atoms with van der Waals surface area (Å²) < 4.78 is 8.34. The van der Waals surface area contributed by atoms with Gasteiger partial charge in [-0.25, -0.2) is 4.98 Å². The number of para-hydroxylation sites is 2. The molecule has 0 spiro atoms. The van der Waals surface area contributed by atoms with Crippen LogP contribution in [0.2, 0.25) is 5.02 Å². The Balaban J connectivity index is 1.14. The number of nitrogens with one attached hydrogen (secondary N) is 1. The molecule has 0 aliphatic heterocycles. The van der Waals surface area contributed by atoms with Crippen LogP contribution in [0.25, 0.3) is 21.8 Å². The Morgan fingerprint density at radius 3 is 2.57 bits per heavy atom. The molecule has 0 aliphatic rings. The van der Waals surface area contributed by atoms with Gasteiger partial charge in [-0.15, -0.1) is 0 Å². The van der Waals surface area contributed by atoms with Gasteiger partial charge in [0.1, 0.15) is 11.6 Å². The van der Waals surface area contributed by atoms with Crippen LogP contribution in [0.15, 0.2) is 91.0 Å². The molecule has 5 rings (SSSR count). The number of hydrogen-bond acceptors (Lipinski definition) is 3. The largest absolute Gasteiger partial charge is 0.494 e. The molecule has 0 bridgehead atoms. The zero-order chi connectivity index (χ0) is 25.5. The minimum atomic E-state index is -0.0209. The van der Waals surface area contributed by atoms with E-state index in [1.807, 2.05) is 60.7 Å². The molecule has 0 fully saturated rings. The summed E-state index contributed by atoms with van der Waals surface area (Å²) in [4.78, 5) is 17.2. The summed E-state index contributed by atoms with van der Waals surface area (Å²) in [7, 11) is 0. The molecule has 5 aromatic rings. The number of carbonyl (C=O) groups excluding carboxylic acids is 1. The van der Waals surface area contributed by atoms with Crippen LogP contribution in [0, 0.1) is 0 Å². The van der Waals surface area contributed by atoms with E-state index in [9.17, 15) is 4.79 Å². The van der Waals surface area contributed by atoms with Crippen LogP contribution >= 0.6 is 11.6 Å². The average molecular weight is 512 g/mol. The maximum atomic E-state index is 12.3. The summed E-state index contributed by atoms with van der Waals surface area (Å²) in [6, 6.07) is 30.2. The summed E-state index contributed by atoms with van der Waals surface area (Å²) >= 11 is 6.18. The Morgan fingerprint density at radius 2 is 1.68 bits per heavy atom. The number of halogens is 1. The highest BCUT2D eigenvalue weighted by Gasteiger charge is 2.11. The van der Waals surface area contributed by atoms with E-state index < -0.39 is 0 Å². The number of aryl methyl sites for hydroxylation is 2. The van der Waals surface area contributed by atoms with Crippen LogP contribution in [0.4, 0.5) is 0 Å². The van der Waals surface area contributed by atoms with Gasteiger partial charge in [0, 0.05) is 24.5 Å². The molecule has 188 valence electrons. The fourth-order valence-corrected chi connectivity index (χ4v) is 4.79. The van der Waals surface area contributed by atoms with Crippen LogP contribution < -0.4 is 10.1 Å². The van der Waals surface area contributed by atoms with Crippen LogP contribution in [0.5, 0.6) is 5.75 Å². The van der Waals surface area contributed by atoms with Crippen molar-refractivity contribution in [1.82, 2.24) is 14.9 Å². The van der Waals surface area contributed by atoms with Crippen LogP contribution in [-0.4, -0.2) is 28.6 Å². The van der Waals surface area contributed by atoms with Crippen molar-refractivity contribution in [3.8, 4) is 5.75 Å². The van der Waals surface area contributed by atoms with E-state index in [0.29, 0.717) is 18.2 Å². The molecule has 0 radical (unpaired) electrons. The summed E-state index contributed by atoms with van der Waals surface area (Å²) in [6.45, 7) is 2.04. The highest BCUT2D eigenvalue weighted by atomic mass is 35.5. The van der Waals surface area contributed by atoms with Gasteiger partial charge in [-0.05, 0) is 59.5 Å². The minimum Gasteiger partial charge on any atom is -0.494 e. The minimum absolute atomic E-state index is 0.0209. The number of hydrogen-bond donors (Lipinski definition) is 1. The third-order valence-electron chi connectivity index (χ3n) is 6.46. The maximum Gasteiger partial charge on any atom is 0.224 e. The van der Waals surface area contributed by atoms with Crippen molar-refractivity contribution in [2.75, 3.05) is 13.2 Å². The second kappa shape index (κ2) is 11.9. The Morgan fingerprint density at radius 1 is 0.892 bits per heavy atom. The summed E-state index contributed by atoms with van der Waals surface area (Å²) in [5.74, 6) is 1.90. The molecule has 0 unspecified atom stereocenters. The van der Waals surface area contributed by atoms with Gasteiger partial charge in [0.2, 0.25) is 5.91 Å². The van der Waals surface area contributed by atoms with E-state index >= 15 is 0 Å². The molecule has 1 heterocycles. The molecule has 0 saturated carbocycles. The number of nitrogens with zero attached hydrogens (tertiary/aromatic N) is 2. The average Bonchev–Trinajstić information content (AvgIpc) is 3.27. The van der Waals surface area contributed by atoms with Crippen LogP contribution in [-0.2, 0) is 24.2 Å². The van der Waals surface area contributed by atoms with Crippen molar-refractivity contribution in [2.24, 2.45) is 0 Å². The number of imidazole rings is 1. The van der Waals surface area contributed by atoms with Gasteiger partial charge in [0.05, 0.1) is 24.1 Å². The highest BCUT2D eigenvalue weighted by Crippen LogP contribution is 2.22. The molecule has 1 aromatic heterocycles. The predicted molar refractivity (Wildman–Crippen MR) is 150 cm³/mol. The Labute approximate surface area is 222 Å². The summed E-state index contributed by atoms with van der Waals surface area (Å²) in [5, 5.41) is 6.03. The lowest BCUT2D eigenvalue weighted by Gasteiger charge is -2.11. The van der Waals surface area contributed by atoms with Gasteiger partial charge in [-0.2, -0.15) is 0 Å². The number of benzene rings is 4. The van der Waals surface area contributed by atoms with Gasteiger partial charge in [-0.3, -0.25) is 4.79 Å². The van der Waals surface area contributed by atoms with Crippen LogP contribution in [0.1, 0.15) is 24.2 Å². The zero-order valence-corrected chi connectivity index (χ0v) is 21.5. The van der Waals surface area contributed by atoms with Crippen LogP contribution in [0.3, 0.4) is 0 Å². The highest BCUT2D eigenvalue weighted by molar-refractivity contribution is 6.31. The lowest BCUT2D eigenvalue weighted by atomic mass is 10.1. The van der Waals surface area contributed by atoms with E-state index in [4.69, 9.17) is 21.3 Å². The molecule has 6 heteroatoms. The Kier molecular flexibility index (Phi) is 8.02. The van der Waals surface area contributed by atoms with Crippen molar-refractivity contribution >= 4 is 39.3 Å². The first-order chi connectivity index (χ1) is 18.2. The molecule has 4 aromatic carbocycles. The van der Waals surface area contributed by atoms with E-state index in [0.717, 1.165) is 54.0 Å². The predicted octanol–water partition coefficient (Wildman–Crippen LogP) is 6.60. The Bertz CT molecular complexity index is 1510. The zero-order valence-electron chi connectivity index (χ0n) is 20.7.